The summed E-state index contributed by atoms with van der Waals surface area (Å²) in [6, 6.07) is 5.52. The zero-order valence-corrected chi connectivity index (χ0v) is 11.9. The zero-order valence-electron chi connectivity index (χ0n) is 11.9. The van der Waals surface area contributed by atoms with E-state index in [1.807, 2.05) is 0 Å². The number of nitrogens with one attached hydrogen (secondary N) is 1. The fraction of sp³-hybridized carbons (Fsp3) is 0.0714. The topological polar surface area (TPSA) is 103 Å². The Morgan fingerprint density at radius 2 is 2.17 bits per heavy atom. The lowest BCUT2D eigenvalue weighted by Crippen LogP contribution is -2.12. The first-order valence-corrected chi connectivity index (χ1v) is 6.58. The molecule has 0 saturated carbocycles. The first-order chi connectivity index (χ1) is 11.6. The molecule has 122 valence electrons. The fourth-order valence-corrected chi connectivity index (χ4v) is 1.77. The van der Waals surface area contributed by atoms with Crippen molar-refractivity contribution in [2.45, 2.75) is 6.61 Å². The Morgan fingerprint density at radius 1 is 1.29 bits per heavy atom. The van der Waals surface area contributed by atoms with Crippen LogP contribution in [0.1, 0.15) is 10.7 Å². The number of hydrogen-bond donors (Lipinski definition) is 1. The predicted octanol–water partition coefficient (Wildman–Crippen LogP) is 2.38. The van der Waals surface area contributed by atoms with Gasteiger partial charge >= 0.3 is 18.4 Å². The highest BCUT2D eigenvalue weighted by molar-refractivity contribution is 6.01. The van der Waals surface area contributed by atoms with Crippen LogP contribution in [-0.2, 0) is 0 Å². The molecular weight excluding hydrogens is 324 g/mol. The quantitative estimate of drug-likeness (QED) is 0.764. The van der Waals surface area contributed by atoms with E-state index in [1.165, 1.54) is 42.9 Å². The van der Waals surface area contributed by atoms with Crippen molar-refractivity contribution in [1.82, 2.24) is 20.1 Å². The van der Waals surface area contributed by atoms with Crippen LogP contribution in [-0.4, -0.2) is 32.6 Å². The molecule has 1 aromatic carbocycles. The minimum Gasteiger partial charge on any atom is -0.435 e. The van der Waals surface area contributed by atoms with E-state index >= 15 is 0 Å². The monoisotopic (exact) mass is 333 g/mol. The van der Waals surface area contributed by atoms with Gasteiger partial charge in [0, 0.05) is 24.1 Å². The van der Waals surface area contributed by atoms with E-state index in [4.69, 9.17) is 4.52 Å². The molecular formula is C14H9F2N5O3. The average Bonchev–Trinajstić information content (AvgIpc) is 3.05. The molecule has 0 fully saturated rings. The summed E-state index contributed by atoms with van der Waals surface area (Å²) in [4.78, 5) is 23.8. The Labute approximate surface area is 133 Å². The van der Waals surface area contributed by atoms with Gasteiger partial charge in [-0.15, -0.1) is 0 Å². The van der Waals surface area contributed by atoms with E-state index in [1.54, 1.807) is 0 Å². The number of halogens is 2. The van der Waals surface area contributed by atoms with Gasteiger partial charge in [-0.3, -0.25) is 9.78 Å². The van der Waals surface area contributed by atoms with Crippen molar-refractivity contribution in [2.75, 3.05) is 5.32 Å². The summed E-state index contributed by atoms with van der Waals surface area (Å²) in [5, 5.41) is 6.07. The molecule has 0 saturated heterocycles. The van der Waals surface area contributed by atoms with Crippen molar-refractivity contribution in [3.05, 3.63) is 48.7 Å². The molecule has 3 rings (SSSR count). The first-order valence-electron chi connectivity index (χ1n) is 6.58. The molecule has 2 heterocycles. The Balaban J connectivity index is 1.73. The Morgan fingerprint density at radius 3 is 2.92 bits per heavy atom. The first kappa shape index (κ1) is 15.5. The summed E-state index contributed by atoms with van der Waals surface area (Å²) in [5.74, 6) is -1.00. The summed E-state index contributed by atoms with van der Waals surface area (Å²) >= 11 is 0. The van der Waals surface area contributed by atoms with Crippen LogP contribution < -0.4 is 10.1 Å². The van der Waals surface area contributed by atoms with Crippen LogP contribution in [0.25, 0.3) is 11.5 Å². The van der Waals surface area contributed by atoms with Gasteiger partial charge in [0.25, 0.3) is 0 Å². The molecule has 0 aliphatic rings. The molecule has 3 aromatic rings. The number of carbonyl (C=O) groups is 1. The van der Waals surface area contributed by atoms with Gasteiger partial charge in [0.05, 0.1) is 6.20 Å². The van der Waals surface area contributed by atoms with Gasteiger partial charge in [-0.25, -0.2) is 4.98 Å². The second-order valence-corrected chi connectivity index (χ2v) is 4.37. The van der Waals surface area contributed by atoms with Crippen LogP contribution in [0.2, 0.25) is 0 Å². The average molecular weight is 333 g/mol. The van der Waals surface area contributed by atoms with Crippen LogP contribution in [0.3, 0.4) is 0 Å². The summed E-state index contributed by atoms with van der Waals surface area (Å²) < 4.78 is 33.5. The third-order valence-corrected chi connectivity index (χ3v) is 2.73. The maximum atomic E-state index is 12.2. The summed E-state index contributed by atoms with van der Waals surface area (Å²) in [6.07, 6.45) is 4.34. The SMILES string of the molecule is O=C(Nc1cccc(OC(F)F)c1)c1nc(-c2cnccn2)no1. The Hall–Kier alpha value is -3.43. The molecule has 0 spiro atoms. The second kappa shape index (κ2) is 6.77. The standard InChI is InChI=1S/C14H9F2N5O3/c15-14(16)23-9-3-1-2-8(6-9)19-12(22)13-20-11(21-24-13)10-7-17-4-5-18-10/h1-7,14H,(H,19,22). The number of aromatic nitrogens is 4. The highest BCUT2D eigenvalue weighted by Crippen LogP contribution is 2.20. The van der Waals surface area contributed by atoms with Gasteiger partial charge in [-0.05, 0) is 12.1 Å². The normalized spacial score (nSPS) is 10.6. The van der Waals surface area contributed by atoms with Crippen molar-refractivity contribution in [3.63, 3.8) is 0 Å². The van der Waals surface area contributed by atoms with Gasteiger partial charge in [-0.1, -0.05) is 11.2 Å². The minimum atomic E-state index is -2.96. The zero-order chi connectivity index (χ0) is 16.9. The lowest BCUT2D eigenvalue weighted by atomic mass is 10.3. The highest BCUT2D eigenvalue weighted by atomic mass is 19.3. The number of ether oxygens (including phenoxy) is 1. The highest BCUT2D eigenvalue weighted by Gasteiger charge is 2.17. The van der Waals surface area contributed by atoms with Crippen LogP contribution in [0, 0.1) is 0 Å². The second-order valence-electron chi connectivity index (χ2n) is 4.37. The summed E-state index contributed by atoms with van der Waals surface area (Å²) in [7, 11) is 0. The van der Waals surface area contributed by atoms with Crippen molar-refractivity contribution in [3.8, 4) is 17.3 Å². The molecule has 0 aliphatic heterocycles. The Kier molecular flexibility index (Phi) is 4.36. The van der Waals surface area contributed by atoms with Crippen molar-refractivity contribution < 1.29 is 22.8 Å². The van der Waals surface area contributed by atoms with Gasteiger partial charge < -0.3 is 14.6 Å². The molecule has 24 heavy (non-hydrogen) atoms. The van der Waals surface area contributed by atoms with Crippen molar-refractivity contribution >= 4 is 11.6 Å². The van der Waals surface area contributed by atoms with E-state index in [2.05, 4.69) is 30.2 Å². The lowest BCUT2D eigenvalue weighted by Gasteiger charge is -2.06. The van der Waals surface area contributed by atoms with E-state index in [-0.39, 0.29) is 23.2 Å². The third-order valence-electron chi connectivity index (χ3n) is 2.73. The fourth-order valence-electron chi connectivity index (χ4n) is 1.77. The largest absolute Gasteiger partial charge is 0.435 e. The van der Waals surface area contributed by atoms with Crippen LogP contribution in [0.5, 0.6) is 5.75 Å². The van der Waals surface area contributed by atoms with Gasteiger partial charge in [0.2, 0.25) is 5.82 Å². The van der Waals surface area contributed by atoms with Gasteiger partial charge in [0.1, 0.15) is 11.4 Å². The molecule has 1 N–H and O–H groups in total. The Bertz CT molecular complexity index is 841. The molecule has 8 nitrogen and oxygen atoms in total. The number of amides is 1. The maximum Gasteiger partial charge on any atom is 0.387 e. The van der Waals surface area contributed by atoms with Crippen LogP contribution in [0.4, 0.5) is 14.5 Å². The maximum absolute atomic E-state index is 12.2. The van der Waals surface area contributed by atoms with E-state index in [0.717, 1.165) is 0 Å². The number of nitrogens with zero attached hydrogens (tertiary/aromatic N) is 4. The summed E-state index contributed by atoms with van der Waals surface area (Å²) in [6.45, 7) is -2.96. The molecule has 2 aromatic heterocycles. The molecule has 0 bridgehead atoms. The van der Waals surface area contributed by atoms with Gasteiger partial charge in [-0.2, -0.15) is 13.8 Å². The van der Waals surface area contributed by atoms with Crippen LogP contribution >= 0.6 is 0 Å². The van der Waals surface area contributed by atoms with Gasteiger partial charge in [0.15, 0.2) is 0 Å². The molecule has 0 aliphatic carbocycles. The molecule has 0 radical (unpaired) electrons. The number of carbonyl (C=O) groups excluding carboxylic acids is 1. The third kappa shape index (κ3) is 3.66. The molecule has 0 unspecified atom stereocenters. The molecule has 10 heteroatoms. The summed E-state index contributed by atoms with van der Waals surface area (Å²) in [5.41, 5.74) is 0.574. The molecule has 1 amide bonds. The van der Waals surface area contributed by atoms with Crippen LogP contribution in [0.15, 0.2) is 47.4 Å². The minimum absolute atomic E-state index is 0.0893. The predicted molar refractivity (Wildman–Crippen MR) is 76.4 cm³/mol. The molecule has 0 atom stereocenters. The number of alkyl halides is 2. The van der Waals surface area contributed by atoms with Crippen molar-refractivity contribution in [1.29, 1.82) is 0 Å². The van der Waals surface area contributed by atoms with Crippen molar-refractivity contribution in [2.24, 2.45) is 0 Å². The smallest absolute Gasteiger partial charge is 0.387 e. The van der Waals surface area contributed by atoms with E-state index < -0.39 is 12.5 Å². The van der Waals surface area contributed by atoms with E-state index in [0.29, 0.717) is 5.69 Å². The number of rotatable bonds is 5. The number of anilines is 1. The lowest BCUT2D eigenvalue weighted by molar-refractivity contribution is -0.0497. The van der Waals surface area contributed by atoms with E-state index in [9.17, 15) is 13.6 Å². The number of benzene rings is 1. The number of hydrogen-bond acceptors (Lipinski definition) is 7.